The van der Waals surface area contributed by atoms with Crippen molar-refractivity contribution in [2.24, 2.45) is 7.05 Å². The van der Waals surface area contributed by atoms with Crippen molar-refractivity contribution in [1.82, 2.24) is 14.8 Å². The summed E-state index contributed by atoms with van der Waals surface area (Å²) >= 11 is 0. The van der Waals surface area contributed by atoms with Gasteiger partial charge in [0.25, 0.3) is 5.56 Å². The Morgan fingerprint density at radius 2 is 2.04 bits per heavy atom. The number of anilines is 1. The summed E-state index contributed by atoms with van der Waals surface area (Å²) < 4.78 is 1.43. The fraction of sp³-hybridized carbons (Fsp3) is 0.316. The van der Waals surface area contributed by atoms with Crippen molar-refractivity contribution in [1.29, 1.82) is 0 Å². The van der Waals surface area contributed by atoms with Gasteiger partial charge in [-0.3, -0.25) is 19.4 Å². The number of benzene rings is 1. The van der Waals surface area contributed by atoms with Crippen molar-refractivity contribution in [2.45, 2.75) is 33.6 Å². The first kappa shape index (κ1) is 17.0. The number of pyridine rings is 1. The van der Waals surface area contributed by atoms with Gasteiger partial charge in [-0.15, -0.1) is 0 Å². The number of carbonyl (C=O) groups is 1. The number of rotatable bonds is 4. The highest BCUT2D eigenvalue weighted by molar-refractivity contribution is 5.91. The summed E-state index contributed by atoms with van der Waals surface area (Å²) in [5.41, 5.74) is 5.10. The van der Waals surface area contributed by atoms with Crippen molar-refractivity contribution >= 4 is 22.6 Å². The van der Waals surface area contributed by atoms with E-state index in [0.717, 1.165) is 28.1 Å². The van der Waals surface area contributed by atoms with E-state index in [1.165, 1.54) is 4.68 Å². The molecule has 6 nitrogen and oxygen atoms in total. The van der Waals surface area contributed by atoms with E-state index in [2.05, 4.69) is 15.4 Å². The average molecular weight is 338 g/mol. The molecule has 2 aromatic heterocycles. The first-order chi connectivity index (χ1) is 11.9. The summed E-state index contributed by atoms with van der Waals surface area (Å²) in [5, 5.41) is 6.46. The Labute approximate surface area is 145 Å². The van der Waals surface area contributed by atoms with Crippen molar-refractivity contribution in [3.8, 4) is 0 Å². The lowest BCUT2D eigenvalue weighted by Crippen LogP contribution is -2.14. The Hall–Kier alpha value is -2.89. The van der Waals surface area contributed by atoms with Gasteiger partial charge in [0, 0.05) is 24.8 Å². The zero-order valence-electron chi connectivity index (χ0n) is 14.9. The third-order valence-electron chi connectivity index (χ3n) is 4.48. The number of carbonyl (C=O) groups excluding carboxylic acids is 1. The molecular formula is C19H22N4O2. The average Bonchev–Trinajstić information content (AvgIpc) is 2.81. The van der Waals surface area contributed by atoms with Gasteiger partial charge in [0.15, 0.2) is 5.65 Å². The van der Waals surface area contributed by atoms with Crippen molar-refractivity contribution < 1.29 is 4.79 Å². The molecule has 0 aliphatic heterocycles. The Kier molecular flexibility index (Phi) is 4.44. The zero-order valence-corrected chi connectivity index (χ0v) is 14.9. The first-order valence-electron chi connectivity index (χ1n) is 8.28. The summed E-state index contributed by atoms with van der Waals surface area (Å²) in [6.07, 6.45) is 0.889. The predicted octanol–water partition coefficient (Wildman–Crippen LogP) is 2.76. The van der Waals surface area contributed by atoms with Gasteiger partial charge in [-0.1, -0.05) is 12.1 Å². The maximum Gasteiger partial charge on any atom is 0.276 e. The monoisotopic (exact) mass is 338 g/mol. The van der Waals surface area contributed by atoms with E-state index >= 15 is 0 Å². The first-order valence-corrected chi connectivity index (χ1v) is 8.28. The summed E-state index contributed by atoms with van der Waals surface area (Å²) in [5.74, 6) is -0.0496. The van der Waals surface area contributed by atoms with Gasteiger partial charge < -0.3 is 5.32 Å². The summed E-state index contributed by atoms with van der Waals surface area (Å²) in [7, 11) is 1.67. The largest absolute Gasteiger partial charge is 0.326 e. The third-order valence-corrected chi connectivity index (χ3v) is 4.48. The topological polar surface area (TPSA) is 79.8 Å². The number of aromatic nitrogens is 3. The lowest BCUT2D eigenvalue weighted by molar-refractivity contribution is -0.116. The molecule has 0 radical (unpaired) electrons. The van der Waals surface area contributed by atoms with E-state index in [9.17, 15) is 9.59 Å². The predicted molar refractivity (Wildman–Crippen MR) is 98.9 cm³/mol. The number of H-pyrrole nitrogens is 1. The van der Waals surface area contributed by atoms with E-state index in [0.29, 0.717) is 23.9 Å². The van der Waals surface area contributed by atoms with E-state index in [-0.39, 0.29) is 11.5 Å². The second-order valence-corrected chi connectivity index (χ2v) is 6.42. The van der Waals surface area contributed by atoms with Gasteiger partial charge in [0.2, 0.25) is 5.91 Å². The SMILES string of the molecule is Cc1cccc(NC(=O)CCc2c(C)nc3[nH]n(C)c(=O)c3c2C)c1. The van der Waals surface area contributed by atoms with Crippen LogP contribution in [0.3, 0.4) is 0 Å². The Bertz CT molecular complexity index is 1010. The van der Waals surface area contributed by atoms with Gasteiger partial charge in [0.1, 0.15) is 0 Å². The number of aromatic amines is 1. The number of hydrogen-bond donors (Lipinski definition) is 2. The highest BCUT2D eigenvalue weighted by Crippen LogP contribution is 2.21. The van der Waals surface area contributed by atoms with Crippen LogP contribution in [0.1, 0.15) is 28.8 Å². The highest BCUT2D eigenvalue weighted by Gasteiger charge is 2.15. The van der Waals surface area contributed by atoms with E-state index in [1.807, 2.05) is 45.0 Å². The lowest BCUT2D eigenvalue weighted by atomic mass is 10.0. The van der Waals surface area contributed by atoms with Crippen molar-refractivity contribution in [3.63, 3.8) is 0 Å². The molecule has 3 aromatic rings. The molecule has 2 N–H and O–H groups in total. The van der Waals surface area contributed by atoms with Crippen LogP contribution in [0.15, 0.2) is 29.1 Å². The van der Waals surface area contributed by atoms with Crippen LogP contribution in [-0.2, 0) is 18.3 Å². The van der Waals surface area contributed by atoms with E-state index < -0.39 is 0 Å². The molecule has 0 saturated carbocycles. The lowest BCUT2D eigenvalue weighted by Gasteiger charge is -2.10. The number of aryl methyl sites for hydroxylation is 4. The highest BCUT2D eigenvalue weighted by atomic mass is 16.1. The quantitative estimate of drug-likeness (QED) is 0.767. The second kappa shape index (κ2) is 6.55. The Morgan fingerprint density at radius 1 is 1.28 bits per heavy atom. The van der Waals surface area contributed by atoms with Crippen LogP contribution in [0.5, 0.6) is 0 Å². The van der Waals surface area contributed by atoms with Gasteiger partial charge >= 0.3 is 0 Å². The molecule has 0 aliphatic carbocycles. The van der Waals surface area contributed by atoms with Crippen LogP contribution in [0.25, 0.3) is 11.0 Å². The van der Waals surface area contributed by atoms with Gasteiger partial charge in [-0.2, -0.15) is 0 Å². The number of fused-ring (bicyclic) bond motifs is 1. The Balaban J connectivity index is 1.80. The maximum atomic E-state index is 12.3. The number of nitrogens with one attached hydrogen (secondary N) is 2. The summed E-state index contributed by atoms with van der Waals surface area (Å²) in [6.45, 7) is 5.81. The molecule has 2 heterocycles. The van der Waals surface area contributed by atoms with Gasteiger partial charge in [-0.05, 0) is 56.0 Å². The molecule has 0 spiro atoms. The van der Waals surface area contributed by atoms with Crippen molar-refractivity contribution in [2.75, 3.05) is 5.32 Å². The van der Waals surface area contributed by atoms with Crippen LogP contribution in [-0.4, -0.2) is 20.7 Å². The zero-order chi connectivity index (χ0) is 18.1. The van der Waals surface area contributed by atoms with Gasteiger partial charge in [-0.25, -0.2) is 4.98 Å². The number of amides is 1. The minimum absolute atomic E-state index is 0.0496. The summed E-state index contributed by atoms with van der Waals surface area (Å²) in [4.78, 5) is 29.0. The van der Waals surface area contributed by atoms with Crippen LogP contribution < -0.4 is 10.9 Å². The fourth-order valence-corrected chi connectivity index (χ4v) is 3.16. The van der Waals surface area contributed by atoms with E-state index in [1.54, 1.807) is 7.05 Å². The molecule has 0 aliphatic rings. The molecule has 0 atom stereocenters. The number of nitrogens with zero attached hydrogens (tertiary/aromatic N) is 2. The Morgan fingerprint density at radius 3 is 2.76 bits per heavy atom. The molecule has 25 heavy (non-hydrogen) atoms. The molecular weight excluding hydrogens is 316 g/mol. The second-order valence-electron chi connectivity index (χ2n) is 6.42. The molecule has 0 unspecified atom stereocenters. The standard InChI is InChI=1S/C19H22N4O2/c1-11-6-5-7-14(10-11)21-16(24)9-8-15-12(2)17-18(20-13(15)3)22-23(4)19(17)25/h5-7,10H,8-9H2,1-4H3,(H,20,22)(H,21,24). The minimum Gasteiger partial charge on any atom is -0.326 e. The maximum absolute atomic E-state index is 12.3. The molecule has 0 saturated heterocycles. The van der Waals surface area contributed by atoms with Crippen LogP contribution in [0.4, 0.5) is 5.69 Å². The number of hydrogen-bond acceptors (Lipinski definition) is 3. The smallest absolute Gasteiger partial charge is 0.276 e. The molecule has 6 heteroatoms. The molecule has 130 valence electrons. The van der Waals surface area contributed by atoms with Crippen LogP contribution in [0, 0.1) is 20.8 Å². The molecule has 0 fully saturated rings. The van der Waals surface area contributed by atoms with Crippen LogP contribution >= 0.6 is 0 Å². The van der Waals surface area contributed by atoms with Crippen molar-refractivity contribution in [3.05, 3.63) is 57.0 Å². The summed E-state index contributed by atoms with van der Waals surface area (Å²) in [6, 6.07) is 7.71. The van der Waals surface area contributed by atoms with Crippen LogP contribution in [0.2, 0.25) is 0 Å². The third kappa shape index (κ3) is 3.33. The molecule has 3 rings (SSSR count). The fourth-order valence-electron chi connectivity index (χ4n) is 3.16. The normalized spacial score (nSPS) is 11.0. The molecule has 1 amide bonds. The minimum atomic E-state index is -0.0922. The van der Waals surface area contributed by atoms with E-state index in [4.69, 9.17) is 0 Å². The molecule has 0 bridgehead atoms. The van der Waals surface area contributed by atoms with Gasteiger partial charge in [0.05, 0.1) is 5.39 Å². The molecule has 1 aromatic carbocycles.